The van der Waals surface area contributed by atoms with E-state index >= 15 is 0 Å². The number of quaternary nitrogens is 1. The minimum atomic E-state index is 0.965. The van der Waals surface area contributed by atoms with Crippen molar-refractivity contribution in [1.29, 1.82) is 0 Å². The Morgan fingerprint density at radius 2 is 1.78 bits per heavy atom. The van der Waals surface area contributed by atoms with Gasteiger partial charge in [0.1, 0.15) is 0 Å². The van der Waals surface area contributed by atoms with Gasteiger partial charge >= 0.3 is 0 Å². The predicted octanol–water partition coefficient (Wildman–Crippen LogP) is 1.64. The molecule has 0 heterocycles. The van der Waals surface area contributed by atoms with E-state index in [1.807, 2.05) is 0 Å². The van der Waals surface area contributed by atoms with Gasteiger partial charge in [0, 0.05) is 5.33 Å². The van der Waals surface area contributed by atoms with E-state index in [4.69, 9.17) is 0 Å². The molecule has 0 N–H and O–H groups in total. The number of likely N-dealkylation sites (N-methyl/N-ethyl adjacent to an activating group) is 1. The second-order valence-electron chi connectivity index (χ2n) is 3.10. The molecule has 0 saturated heterocycles. The second-order valence-corrected chi connectivity index (χ2v) is 3.75. The summed E-state index contributed by atoms with van der Waals surface area (Å²) in [7, 11) is 6.54. The molecule has 0 saturated carbocycles. The zero-order valence-corrected chi connectivity index (χ0v) is 7.98. The minimum absolute atomic E-state index is 0.965. The topological polar surface area (TPSA) is 0 Å². The number of rotatable bonds is 3. The van der Waals surface area contributed by atoms with E-state index in [1.54, 1.807) is 0 Å². The summed E-state index contributed by atoms with van der Waals surface area (Å²) in [6.45, 7) is 1.10. The Kier molecular flexibility index (Phi) is 4.15. The molecule has 0 fully saturated rings. The van der Waals surface area contributed by atoms with Gasteiger partial charge in [-0.3, -0.25) is 0 Å². The third kappa shape index (κ3) is 8.18. The summed E-state index contributed by atoms with van der Waals surface area (Å²) in [5, 5.41) is 0.965. The van der Waals surface area contributed by atoms with Gasteiger partial charge in [0.2, 0.25) is 0 Å². The highest BCUT2D eigenvalue weighted by atomic mass is 79.9. The normalized spacial score (nSPS) is 12.9. The van der Waals surface area contributed by atoms with Gasteiger partial charge in [0.25, 0.3) is 0 Å². The summed E-state index contributed by atoms with van der Waals surface area (Å²) >= 11 is 3.32. The lowest BCUT2D eigenvalue weighted by Crippen LogP contribution is -2.34. The average molecular weight is 193 g/mol. The van der Waals surface area contributed by atoms with Crippen molar-refractivity contribution in [3.63, 3.8) is 0 Å². The van der Waals surface area contributed by atoms with Crippen LogP contribution in [0.5, 0.6) is 0 Å². The number of halogens is 1. The first kappa shape index (κ1) is 9.18. The molecule has 9 heavy (non-hydrogen) atoms. The molecule has 0 rings (SSSR count). The maximum Gasteiger partial charge on any atom is 0.0967 e. The van der Waals surface area contributed by atoms with E-state index in [0.29, 0.717) is 0 Å². The van der Waals surface area contributed by atoms with Crippen molar-refractivity contribution < 1.29 is 4.48 Å². The van der Waals surface area contributed by atoms with Crippen LogP contribution in [0, 0.1) is 0 Å². The zero-order valence-electron chi connectivity index (χ0n) is 6.39. The summed E-state index contributed by atoms with van der Waals surface area (Å²) in [5.41, 5.74) is 0. The van der Waals surface area contributed by atoms with E-state index in [0.717, 1.165) is 16.4 Å². The van der Waals surface area contributed by atoms with Gasteiger partial charge in [-0.25, -0.2) is 0 Å². The predicted molar refractivity (Wildman–Crippen MR) is 45.8 cm³/mol. The van der Waals surface area contributed by atoms with Crippen molar-refractivity contribution in [2.24, 2.45) is 0 Å². The summed E-state index contributed by atoms with van der Waals surface area (Å²) in [6.07, 6.45) is 4.32. The Morgan fingerprint density at radius 3 is 2.11 bits per heavy atom. The third-order valence-electron chi connectivity index (χ3n) is 0.909. The number of hydrogen-bond donors (Lipinski definition) is 0. The maximum atomic E-state index is 3.32. The van der Waals surface area contributed by atoms with Crippen molar-refractivity contribution in [3.05, 3.63) is 12.2 Å². The molecule has 0 unspecified atom stereocenters. The molecule has 0 aliphatic heterocycles. The fourth-order valence-electron chi connectivity index (χ4n) is 0.454. The number of nitrogens with zero attached hydrogens (tertiary/aromatic N) is 1. The second kappa shape index (κ2) is 4.07. The SMILES string of the molecule is C[N+](C)(C)C/C=C/CBr. The molecule has 0 aromatic heterocycles. The molecule has 0 aromatic rings. The Balaban J connectivity index is 3.38. The highest BCUT2D eigenvalue weighted by molar-refractivity contribution is 9.09. The Hall–Kier alpha value is 0.180. The van der Waals surface area contributed by atoms with Gasteiger partial charge in [0.15, 0.2) is 0 Å². The van der Waals surface area contributed by atoms with Crippen LogP contribution in [0.2, 0.25) is 0 Å². The van der Waals surface area contributed by atoms with Gasteiger partial charge < -0.3 is 4.48 Å². The fraction of sp³-hybridized carbons (Fsp3) is 0.714. The van der Waals surface area contributed by atoms with Crippen LogP contribution in [0.15, 0.2) is 12.2 Å². The number of hydrogen-bond acceptors (Lipinski definition) is 0. The lowest BCUT2D eigenvalue weighted by Gasteiger charge is -2.21. The van der Waals surface area contributed by atoms with Gasteiger partial charge in [-0.15, -0.1) is 0 Å². The molecule has 0 aliphatic rings. The van der Waals surface area contributed by atoms with Crippen LogP contribution in [-0.4, -0.2) is 37.5 Å². The standard InChI is InChI=1S/C7H15BrN/c1-9(2,3)7-5-4-6-8/h4-5H,6-7H2,1-3H3/q+1/b5-4+. The molecule has 0 bridgehead atoms. The Labute approximate surface area is 66.1 Å². The van der Waals surface area contributed by atoms with Crippen LogP contribution in [0.3, 0.4) is 0 Å². The molecule has 0 spiro atoms. The summed E-state index contributed by atoms with van der Waals surface area (Å²) in [5.74, 6) is 0. The van der Waals surface area contributed by atoms with Gasteiger partial charge in [-0.1, -0.05) is 22.0 Å². The fourth-order valence-corrected chi connectivity index (χ4v) is 0.718. The zero-order chi connectivity index (χ0) is 7.33. The third-order valence-corrected chi connectivity index (χ3v) is 1.28. The van der Waals surface area contributed by atoms with Gasteiger partial charge in [-0.05, 0) is 6.08 Å². The van der Waals surface area contributed by atoms with Crippen molar-refractivity contribution >= 4 is 15.9 Å². The number of alkyl halides is 1. The molecule has 1 nitrogen and oxygen atoms in total. The van der Waals surface area contributed by atoms with E-state index in [1.165, 1.54) is 0 Å². The molecule has 0 aliphatic carbocycles. The van der Waals surface area contributed by atoms with Crippen LogP contribution in [0.25, 0.3) is 0 Å². The lowest BCUT2D eigenvalue weighted by molar-refractivity contribution is -0.864. The lowest BCUT2D eigenvalue weighted by atomic mass is 10.4. The first-order chi connectivity index (χ1) is 4.06. The van der Waals surface area contributed by atoms with Crippen LogP contribution in [-0.2, 0) is 0 Å². The molecular formula is C7H15BrN+. The van der Waals surface area contributed by atoms with Crippen molar-refractivity contribution in [1.82, 2.24) is 0 Å². The Morgan fingerprint density at radius 1 is 1.22 bits per heavy atom. The average Bonchev–Trinajstić information content (AvgIpc) is 1.63. The van der Waals surface area contributed by atoms with Crippen LogP contribution in [0.1, 0.15) is 0 Å². The summed E-state index contributed by atoms with van der Waals surface area (Å²) < 4.78 is 1.00. The molecule has 54 valence electrons. The Bertz CT molecular complexity index is 91.6. The highest BCUT2D eigenvalue weighted by Gasteiger charge is 2.00. The molecule has 0 amide bonds. The smallest absolute Gasteiger partial charge is 0.0967 e. The van der Waals surface area contributed by atoms with E-state index in [2.05, 4.69) is 49.2 Å². The van der Waals surface area contributed by atoms with Crippen LogP contribution < -0.4 is 0 Å². The van der Waals surface area contributed by atoms with Crippen LogP contribution >= 0.6 is 15.9 Å². The molecule has 0 atom stereocenters. The van der Waals surface area contributed by atoms with Crippen molar-refractivity contribution in [2.45, 2.75) is 0 Å². The maximum absolute atomic E-state index is 3.32. The van der Waals surface area contributed by atoms with E-state index in [-0.39, 0.29) is 0 Å². The summed E-state index contributed by atoms with van der Waals surface area (Å²) in [6, 6.07) is 0. The van der Waals surface area contributed by atoms with Crippen LogP contribution in [0.4, 0.5) is 0 Å². The monoisotopic (exact) mass is 192 g/mol. The van der Waals surface area contributed by atoms with Crippen molar-refractivity contribution in [3.8, 4) is 0 Å². The van der Waals surface area contributed by atoms with Gasteiger partial charge in [0.05, 0.1) is 27.7 Å². The quantitative estimate of drug-likeness (QED) is 0.363. The molecular weight excluding hydrogens is 178 g/mol. The molecule has 2 heteroatoms. The minimum Gasteiger partial charge on any atom is -0.328 e. The highest BCUT2D eigenvalue weighted by Crippen LogP contribution is 1.90. The number of allylic oxidation sites excluding steroid dienone is 1. The molecule has 0 aromatic carbocycles. The molecule has 0 radical (unpaired) electrons. The summed E-state index contributed by atoms with van der Waals surface area (Å²) in [4.78, 5) is 0. The van der Waals surface area contributed by atoms with E-state index < -0.39 is 0 Å². The first-order valence-corrected chi connectivity index (χ1v) is 4.20. The first-order valence-electron chi connectivity index (χ1n) is 3.07. The van der Waals surface area contributed by atoms with Gasteiger partial charge in [-0.2, -0.15) is 0 Å². The largest absolute Gasteiger partial charge is 0.328 e. The van der Waals surface area contributed by atoms with Crippen molar-refractivity contribution in [2.75, 3.05) is 33.0 Å². The van der Waals surface area contributed by atoms with E-state index in [9.17, 15) is 0 Å².